The molecular weight excluding hydrogens is 322 g/mol. The van der Waals surface area contributed by atoms with Crippen molar-refractivity contribution in [3.63, 3.8) is 0 Å². The lowest BCUT2D eigenvalue weighted by molar-refractivity contribution is 0.514. The Labute approximate surface area is 159 Å². The maximum absolute atomic E-state index is 6.09. The molecule has 0 saturated carbocycles. The molecule has 3 heterocycles. The SMILES string of the molecule is C=C1CN(C(CCC)CCC)c2nc(C)nc3c2c1cn3N.CC.CC. The zero-order valence-electron chi connectivity index (χ0n) is 17.8. The summed E-state index contributed by atoms with van der Waals surface area (Å²) in [6, 6.07) is 0.499. The van der Waals surface area contributed by atoms with Crippen molar-refractivity contribution in [1.82, 2.24) is 14.6 Å². The van der Waals surface area contributed by atoms with Crippen LogP contribution in [0.2, 0.25) is 0 Å². The third-order valence-corrected chi connectivity index (χ3v) is 4.46. The summed E-state index contributed by atoms with van der Waals surface area (Å²) in [6.07, 6.45) is 6.61. The van der Waals surface area contributed by atoms with E-state index >= 15 is 0 Å². The maximum atomic E-state index is 6.09. The zero-order valence-corrected chi connectivity index (χ0v) is 17.8. The highest BCUT2D eigenvalue weighted by Crippen LogP contribution is 2.39. The van der Waals surface area contributed by atoms with Gasteiger partial charge >= 0.3 is 0 Å². The molecule has 0 unspecified atom stereocenters. The van der Waals surface area contributed by atoms with Gasteiger partial charge in [0.1, 0.15) is 11.6 Å². The lowest BCUT2D eigenvalue weighted by Crippen LogP contribution is -2.39. The Bertz CT molecular complexity index is 711. The molecule has 2 aromatic rings. The predicted molar refractivity (Wildman–Crippen MR) is 115 cm³/mol. The van der Waals surface area contributed by atoms with Crippen LogP contribution in [0.5, 0.6) is 0 Å². The van der Waals surface area contributed by atoms with Crippen molar-refractivity contribution in [2.45, 2.75) is 80.2 Å². The fourth-order valence-corrected chi connectivity index (χ4v) is 3.50. The van der Waals surface area contributed by atoms with Gasteiger partial charge in [-0.1, -0.05) is 61.0 Å². The highest BCUT2D eigenvalue weighted by molar-refractivity contribution is 6.02. The van der Waals surface area contributed by atoms with Gasteiger partial charge in [-0.3, -0.25) is 4.68 Å². The lowest BCUT2D eigenvalue weighted by atomic mass is 9.97. The van der Waals surface area contributed by atoms with Gasteiger partial charge in [-0.15, -0.1) is 0 Å². The summed E-state index contributed by atoms with van der Waals surface area (Å²) < 4.78 is 1.60. The van der Waals surface area contributed by atoms with E-state index in [2.05, 4.69) is 30.3 Å². The van der Waals surface area contributed by atoms with E-state index in [1.54, 1.807) is 4.68 Å². The molecule has 0 saturated heterocycles. The number of nitrogen functional groups attached to an aromatic ring is 1. The predicted octanol–water partition coefficient (Wildman–Crippen LogP) is 5.31. The van der Waals surface area contributed by atoms with Crippen LogP contribution in [0, 0.1) is 6.92 Å². The molecule has 2 N–H and O–H groups in total. The van der Waals surface area contributed by atoms with Gasteiger partial charge in [-0.2, -0.15) is 0 Å². The Hall–Kier alpha value is -2.04. The summed E-state index contributed by atoms with van der Waals surface area (Å²) in [6.45, 7) is 19.5. The first kappa shape index (κ1) is 22.0. The molecule has 5 nitrogen and oxygen atoms in total. The standard InChI is InChI=1S/C17H25N5.2C2H6/c1-5-7-13(8-6-2)21-9-11(3)14-10-22(18)17-15(14)16(21)19-12(4)20-17;2*1-2/h10,13H,3,5-9,18H2,1-2,4H3;2*1-2H3. The van der Waals surface area contributed by atoms with E-state index in [9.17, 15) is 0 Å². The van der Waals surface area contributed by atoms with Crippen LogP contribution in [0.25, 0.3) is 16.6 Å². The topological polar surface area (TPSA) is 60.0 Å². The molecule has 5 heteroatoms. The number of hydrogen-bond acceptors (Lipinski definition) is 4. The number of aromatic nitrogens is 3. The van der Waals surface area contributed by atoms with E-state index in [-0.39, 0.29) is 0 Å². The molecule has 2 aromatic heterocycles. The number of nitrogens with two attached hydrogens (primary N) is 1. The Kier molecular flexibility index (Phi) is 8.62. The summed E-state index contributed by atoms with van der Waals surface area (Å²) in [7, 11) is 0. The third kappa shape index (κ3) is 4.19. The first-order chi connectivity index (χ1) is 12.6. The van der Waals surface area contributed by atoms with Crippen molar-refractivity contribution < 1.29 is 0 Å². The molecule has 0 aliphatic carbocycles. The molecule has 3 rings (SSSR count). The minimum Gasteiger partial charge on any atom is -0.349 e. The highest BCUT2D eigenvalue weighted by atomic mass is 15.3. The molecule has 1 aliphatic rings. The summed E-state index contributed by atoms with van der Waals surface area (Å²) in [4.78, 5) is 11.7. The fourth-order valence-electron chi connectivity index (χ4n) is 3.50. The normalized spacial score (nSPS) is 12.6. The van der Waals surface area contributed by atoms with E-state index in [0.29, 0.717) is 6.04 Å². The van der Waals surface area contributed by atoms with Gasteiger partial charge in [-0.05, 0) is 25.3 Å². The second-order valence-electron chi connectivity index (χ2n) is 6.21. The molecule has 1 aliphatic heterocycles. The van der Waals surface area contributed by atoms with Crippen LogP contribution < -0.4 is 10.7 Å². The molecule has 0 amide bonds. The summed E-state index contributed by atoms with van der Waals surface area (Å²) >= 11 is 0. The summed E-state index contributed by atoms with van der Waals surface area (Å²) in [5, 5.41) is 1.06. The number of aryl methyl sites for hydroxylation is 1. The Balaban J connectivity index is 0.000000791. The quantitative estimate of drug-likeness (QED) is 0.735. The smallest absolute Gasteiger partial charge is 0.164 e. The van der Waals surface area contributed by atoms with Crippen LogP contribution in [0.4, 0.5) is 5.82 Å². The van der Waals surface area contributed by atoms with Gasteiger partial charge in [0.05, 0.1) is 5.39 Å². The van der Waals surface area contributed by atoms with Gasteiger partial charge in [-0.25, -0.2) is 9.97 Å². The largest absolute Gasteiger partial charge is 0.349 e. The van der Waals surface area contributed by atoms with Crippen molar-refractivity contribution in [3.8, 4) is 0 Å². The van der Waals surface area contributed by atoms with E-state index in [0.717, 1.165) is 40.4 Å². The molecule has 0 aromatic carbocycles. The Morgan fingerprint density at radius 3 is 2.23 bits per heavy atom. The molecule has 0 bridgehead atoms. The Morgan fingerprint density at radius 1 is 1.12 bits per heavy atom. The maximum Gasteiger partial charge on any atom is 0.164 e. The zero-order chi connectivity index (χ0) is 19.9. The summed E-state index contributed by atoms with van der Waals surface area (Å²) in [5.41, 5.74) is 3.00. The second kappa shape index (κ2) is 10.2. The molecule has 0 spiro atoms. The minimum atomic E-state index is 0.499. The van der Waals surface area contributed by atoms with Gasteiger partial charge in [0, 0.05) is 24.3 Å². The molecule has 0 radical (unpaired) electrons. The number of rotatable bonds is 5. The van der Waals surface area contributed by atoms with Crippen LogP contribution in [0.15, 0.2) is 12.8 Å². The molecule has 26 heavy (non-hydrogen) atoms. The van der Waals surface area contributed by atoms with Gasteiger partial charge < -0.3 is 10.7 Å². The monoisotopic (exact) mass is 359 g/mol. The van der Waals surface area contributed by atoms with E-state index < -0.39 is 0 Å². The van der Waals surface area contributed by atoms with Crippen molar-refractivity contribution in [2.75, 3.05) is 17.3 Å². The van der Waals surface area contributed by atoms with Crippen molar-refractivity contribution in [2.24, 2.45) is 0 Å². The van der Waals surface area contributed by atoms with Crippen molar-refractivity contribution >= 4 is 22.4 Å². The van der Waals surface area contributed by atoms with Crippen LogP contribution in [-0.2, 0) is 0 Å². The molecular formula is C21H37N5. The fraction of sp³-hybridized carbons (Fsp3) is 0.619. The number of hydrogen-bond donors (Lipinski definition) is 1. The van der Waals surface area contributed by atoms with Gasteiger partial charge in [0.2, 0.25) is 0 Å². The van der Waals surface area contributed by atoms with Crippen molar-refractivity contribution in [1.29, 1.82) is 0 Å². The van der Waals surface area contributed by atoms with Crippen LogP contribution >= 0.6 is 0 Å². The highest BCUT2D eigenvalue weighted by Gasteiger charge is 2.30. The number of anilines is 1. The van der Waals surface area contributed by atoms with Crippen LogP contribution in [0.3, 0.4) is 0 Å². The average Bonchev–Trinajstić information content (AvgIpc) is 2.99. The van der Waals surface area contributed by atoms with E-state index in [1.165, 1.54) is 25.7 Å². The number of nitrogens with zero attached hydrogens (tertiary/aromatic N) is 4. The Morgan fingerprint density at radius 2 is 1.69 bits per heavy atom. The second-order valence-corrected chi connectivity index (χ2v) is 6.21. The lowest BCUT2D eigenvalue weighted by Gasteiger charge is -2.36. The van der Waals surface area contributed by atoms with Gasteiger partial charge in [0.25, 0.3) is 0 Å². The first-order valence-electron chi connectivity index (χ1n) is 10.2. The van der Waals surface area contributed by atoms with Gasteiger partial charge in [0.15, 0.2) is 5.65 Å². The molecule has 0 atom stereocenters. The minimum absolute atomic E-state index is 0.499. The molecule has 0 fully saturated rings. The first-order valence-corrected chi connectivity index (χ1v) is 10.2. The van der Waals surface area contributed by atoms with E-state index in [4.69, 9.17) is 10.8 Å². The van der Waals surface area contributed by atoms with Crippen LogP contribution in [0.1, 0.15) is 78.6 Å². The third-order valence-electron chi connectivity index (χ3n) is 4.46. The average molecular weight is 360 g/mol. The van der Waals surface area contributed by atoms with Crippen LogP contribution in [-0.4, -0.2) is 27.2 Å². The summed E-state index contributed by atoms with van der Waals surface area (Å²) in [5.74, 6) is 7.88. The molecule has 146 valence electrons. The van der Waals surface area contributed by atoms with Crippen molar-refractivity contribution in [3.05, 3.63) is 24.2 Å². The van der Waals surface area contributed by atoms with E-state index in [1.807, 2.05) is 40.8 Å².